The van der Waals surface area contributed by atoms with Gasteiger partial charge < -0.3 is 11.5 Å². The third kappa shape index (κ3) is 4.54. The molecule has 0 saturated heterocycles. The monoisotopic (exact) mass is 235 g/mol. The SMILES string of the molecule is CC(C(N)=O)N(CCCN)Cc1ccccc1. The van der Waals surface area contributed by atoms with Crippen molar-refractivity contribution >= 4 is 5.91 Å². The molecule has 0 aliphatic carbocycles. The number of carbonyl (C=O) groups is 1. The summed E-state index contributed by atoms with van der Waals surface area (Å²) in [7, 11) is 0. The molecule has 1 aromatic rings. The molecule has 1 unspecified atom stereocenters. The Morgan fingerprint density at radius 3 is 2.53 bits per heavy atom. The number of benzene rings is 1. The highest BCUT2D eigenvalue weighted by atomic mass is 16.1. The highest BCUT2D eigenvalue weighted by Gasteiger charge is 2.18. The normalized spacial score (nSPS) is 12.6. The lowest BCUT2D eigenvalue weighted by Gasteiger charge is -2.26. The van der Waals surface area contributed by atoms with E-state index >= 15 is 0 Å². The molecule has 1 aromatic carbocycles. The molecule has 0 saturated carbocycles. The molecule has 94 valence electrons. The van der Waals surface area contributed by atoms with Crippen LogP contribution in [0.4, 0.5) is 0 Å². The first-order valence-electron chi connectivity index (χ1n) is 5.92. The standard InChI is InChI=1S/C13H21N3O/c1-11(13(15)17)16(9-5-8-14)10-12-6-3-2-4-7-12/h2-4,6-7,11H,5,8-10,14H2,1H3,(H2,15,17). The highest BCUT2D eigenvalue weighted by Crippen LogP contribution is 2.08. The van der Waals surface area contributed by atoms with E-state index < -0.39 is 0 Å². The summed E-state index contributed by atoms with van der Waals surface area (Å²) in [6, 6.07) is 9.79. The Hall–Kier alpha value is -1.39. The summed E-state index contributed by atoms with van der Waals surface area (Å²) in [5, 5.41) is 0. The Kier molecular flexibility index (Phi) is 5.66. The lowest BCUT2D eigenvalue weighted by atomic mass is 10.1. The van der Waals surface area contributed by atoms with Crippen LogP contribution in [0, 0.1) is 0 Å². The third-order valence-electron chi connectivity index (χ3n) is 2.84. The van der Waals surface area contributed by atoms with Crippen molar-refractivity contribution in [1.29, 1.82) is 0 Å². The Balaban J connectivity index is 2.66. The maximum atomic E-state index is 11.2. The number of carbonyl (C=O) groups excluding carboxylic acids is 1. The van der Waals surface area contributed by atoms with Crippen molar-refractivity contribution in [3.8, 4) is 0 Å². The lowest BCUT2D eigenvalue weighted by Crippen LogP contribution is -2.43. The fourth-order valence-corrected chi connectivity index (χ4v) is 1.70. The summed E-state index contributed by atoms with van der Waals surface area (Å²) in [6.45, 7) is 3.97. The Morgan fingerprint density at radius 1 is 1.35 bits per heavy atom. The van der Waals surface area contributed by atoms with Crippen LogP contribution in [-0.2, 0) is 11.3 Å². The first-order valence-corrected chi connectivity index (χ1v) is 5.92. The van der Waals surface area contributed by atoms with Gasteiger partial charge in [0.2, 0.25) is 5.91 Å². The van der Waals surface area contributed by atoms with Gasteiger partial charge in [-0.1, -0.05) is 30.3 Å². The maximum absolute atomic E-state index is 11.2. The molecule has 1 amide bonds. The Bertz CT molecular complexity index is 340. The molecule has 0 aliphatic rings. The fourth-order valence-electron chi connectivity index (χ4n) is 1.70. The van der Waals surface area contributed by atoms with Crippen molar-refractivity contribution in [3.05, 3.63) is 35.9 Å². The van der Waals surface area contributed by atoms with E-state index in [2.05, 4.69) is 4.90 Å². The summed E-state index contributed by atoms with van der Waals surface area (Å²) in [5.41, 5.74) is 12.0. The van der Waals surface area contributed by atoms with Crippen LogP contribution < -0.4 is 11.5 Å². The van der Waals surface area contributed by atoms with E-state index in [9.17, 15) is 4.79 Å². The van der Waals surface area contributed by atoms with Crippen molar-refractivity contribution in [3.63, 3.8) is 0 Å². The zero-order valence-electron chi connectivity index (χ0n) is 10.3. The molecule has 4 N–H and O–H groups in total. The van der Waals surface area contributed by atoms with Gasteiger partial charge in [-0.2, -0.15) is 0 Å². The number of nitrogens with zero attached hydrogens (tertiary/aromatic N) is 1. The lowest BCUT2D eigenvalue weighted by molar-refractivity contribution is -0.122. The number of hydrogen-bond acceptors (Lipinski definition) is 3. The Morgan fingerprint density at radius 2 is 2.00 bits per heavy atom. The van der Waals surface area contributed by atoms with Gasteiger partial charge in [0.15, 0.2) is 0 Å². The van der Waals surface area contributed by atoms with Gasteiger partial charge in [-0.25, -0.2) is 0 Å². The van der Waals surface area contributed by atoms with E-state index in [0.29, 0.717) is 6.54 Å². The van der Waals surface area contributed by atoms with Crippen LogP contribution in [0.25, 0.3) is 0 Å². The summed E-state index contributed by atoms with van der Waals surface area (Å²) < 4.78 is 0. The minimum atomic E-state index is -0.294. The maximum Gasteiger partial charge on any atom is 0.234 e. The van der Waals surface area contributed by atoms with Crippen molar-refractivity contribution < 1.29 is 4.79 Å². The number of hydrogen-bond donors (Lipinski definition) is 2. The van der Waals surface area contributed by atoms with Gasteiger partial charge in [-0.3, -0.25) is 9.69 Å². The summed E-state index contributed by atoms with van der Waals surface area (Å²) >= 11 is 0. The van der Waals surface area contributed by atoms with E-state index in [1.807, 2.05) is 37.3 Å². The van der Waals surface area contributed by atoms with E-state index in [-0.39, 0.29) is 11.9 Å². The molecular formula is C13H21N3O. The van der Waals surface area contributed by atoms with Crippen molar-refractivity contribution in [1.82, 2.24) is 4.90 Å². The predicted molar refractivity (Wildman–Crippen MR) is 69.2 cm³/mol. The second kappa shape index (κ2) is 7.04. The molecule has 4 heteroatoms. The number of primary amides is 1. The van der Waals surface area contributed by atoms with E-state index in [1.54, 1.807) is 0 Å². The van der Waals surface area contributed by atoms with Gasteiger partial charge in [-0.05, 0) is 25.5 Å². The largest absolute Gasteiger partial charge is 0.368 e. The first-order chi connectivity index (χ1) is 8.15. The van der Waals surface area contributed by atoms with Crippen LogP contribution in [0.5, 0.6) is 0 Å². The summed E-state index contributed by atoms with van der Waals surface area (Å²) in [4.78, 5) is 13.3. The quantitative estimate of drug-likeness (QED) is 0.731. The van der Waals surface area contributed by atoms with Gasteiger partial charge in [0.25, 0.3) is 0 Å². The van der Waals surface area contributed by atoms with Gasteiger partial charge in [0, 0.05) is 13.1 Å². The smallest absolute Gasteiger partial charge is 0.234 e. The third-order valence-corrected chi connectivity index (χ3v) is 2.84. The second-order valence-electron chi connectivity index (χ2n) is 4.18. The summed E-state index contributed by atoms with van der Waals surface area (Å²) in [5.74, 6) is -0.294. The van der Waals surface area contributed by atoms with Crippen molar-refractivity contribution in [2.75, 3.05) is 13.1 Å². The number of amides is 1. The van der Waals surface area contributed by atoms with E-state index in [0.717, 1.165) is 19.5 Å². The molecule has 1 rings (SSSR count). The van der Waals surface area contributed by atoms with Gasteiger partial charge >= 0.3 is 0 Å². The molecule has 0 bridgehead atoms. The fraction of sp³-hybridized carbons (Fsp3) is 0.462. The van der Waals surface area contributed by atoms with Crippen LogP contribution >= 0.6 is 0 Å². The highest BCUT2D eigenvalue weighted by molar-refractivity contribution is 5.79. The minimum Gasteiger partial charge on any atom is -0.368 e. The van der Waals surface area contributed by atoms with Crippen LogP contribution in [0.1, 0.15) is 18.9 Å². The number of nitrogens with two attached hydrogens (primary N) is 2. The van der Waals surface area contributed by atoms with Crippen molar-refractivity contribution in [2.24, 2.45) is 11.5 Å². The topological polar surface area (TPSA) is 72.4 Å². The predicted octanol–water partition coefficient (Wildman–Crippen LogP) is 0.711. The van der Waals surface area contributed by atoms with Gasteiger partial charge in [0.05, 0.1) is 6.04 Å². The Labute approximate surface area is 103 Å². The van der Waals surface area contributed by atoms with Crippen LogP contribution in [0.3, 0.4) is 0 Å². The molecule has 4 nitrogen and oxygen atoms in total. The number of rotatable bonds is 7. The zero-order chi connectivity index (χ0) is 12.7. The molecule has 0 heterocycles. The van der Waals surface area contributed by atoms with Crippen LogP contribution in [0.15, 0.2) is 30.3 Å². The average molecular weight is 235 g/mol. The molecule has 0 spiro atoms. The van der Waals surface area contributed by atoms with Crippen molar-refractivity contribution in [2.45, 2.75) is 25.9 Å². The molecule has 0 aliphatic heterocycles. The molecule has 0 radical (unpaired) electrons. The molecule has 0 aromatic heterocycles. The molecular weight excluding hydrogens is 214 g/mol. The van der Waals surface area contributed by atoms with Gasteiger partial charge in [-0.15, -0.1) is 0 Å². The minimum absolute atomic E-state index is 0.262. The molecule has 0 fully saturated rings. The van der Waals surface area contributed by atoms with Gasteiger partial charge in [0.1, 0.15) is 0 Å². The molecule has 17 heavy (non-hydrogen) atoms. The zero-order valence-corrected chi connectivity index (χ0v) is 10.3. The second-order valence-corrected chi connectivity index (χ2v) is 4.18. The van der Waals surface area contributed by atoms with E-state index in [1.165, 1.54) is 5.56 Å². The average Bonchev–Trinajstić information content (AvgIpc) is 2.34. The van der Waals surface area contributed by atoms with E-state index in [4.69, 9.17) is 11.5 Å². The summed E-state index contributed by atoms with van der Waals surface area (Å²) in [6.07, 6.45) is 0.866. The first kappa shape index (κ1) is 13.7. The van der Waals surface area contributed by atoms with Crippen LogP contribution in [-0.4, -0.2) is 29.9 Å². The molecule has 1 atom stereocenters. The van der Waals surface area contributed by atoms with Crippen LogP contribution in [0.2, 0.25) is 0 Å².